The molecule has 5 rings (SSSR count). The van der Waals surface area contributed by atoms with Crippen molar-refractivity contribution in [2.24, 2.45) is 0 Å². The van der Waals surface area contributed by atoms with Crippen LogP contribution < -0.4 is 24.5 Å². The number of hydrogen-bond donors (Lipinski definition) is 0. The topological polar surface area (TPSA) is 80.5 Å². The standard InChI is InChI=1S/C23H22BBrN4O4/c1-12-20(14-4-7-19(31-3)26-10-14)33-21-16(30-2)8-13(9-17(21)32-12)11-29-22-15(27-23(29)25)5-6-18(24)28-22/h4-10,12,20H,11,24H2,1-3H3/t12-,20+/m0/s1. The highest BCUT2D eigenvalue weighted by atomic mass is 79.9. The number of imidazole rings is 1. The van der Waals surface area contributed by atoms with Gasteiger partial charge in [-0.15, -0.1) is 0 Å². The van der Waals surface area contributed by atoms with Crippen molar-refractivity contribution in [2.75, 3.05) is 14.2 Å². The van der Waals surface area contributed by atoms with Gasteiger partial charge in [-0.2, -0.15) is 0 Å². The summed E-state index contributed by atoms with van der Waals surface area (Å²) in [5, 5.41) is 0. The molecule has 4 heterocycles. The average molecular weight is 509 g/mol. The first-order valence-corrected chi connectivity index (χ1v) is 11.3. The lowest BCUT2D eigenvalue weighted by atomic mass is 10.0. The molecule has 33 heavy (non-hydrogen) atoms. The Morgan fingerprint density at radius 3 is 2.67 bits per heavy atom. The molecule has 4 aromatic rings. The third-order valence-electron chi connectivity index (χ3n) is 5.61. The lowest BCUT2D eigenvalue weighted by Gasteiger charge is -2.33. The van der Waals surface area contributed by atoms with Gasteiger partial charge in [0.2, 0.25) is 11.6 Å². The summed E-state index contributed by atoms with van der Waals surface area (Å²) < 4.78 is 26.2. The third kappa shape index (κ3) is 3.99. The first kappa shape index (κ1) is 21.6. The van der Waals surface area contributed by atoms with Crippen molar-refractivity contribution in [2.45, 2.75) is 25.7 Å². The van der Waals surface area contributed by atoms with E-state index in [1.165, 1.54) is 0 Å². The maximum absolute atomic E-state index is 6.35. The van der Waals surface area contributed by atoms with Gasteiger partial charge in [0.25, 0.3) is 0 Å². The van der Waals surface area contributed by atoms with Gasteiger partial charge in [-0.3, -0.25) is 4.57 Å². The molecule has 0 bridgehead atoms. The quantitative estimate of drug-likeness (QED) is 0.383. The summed E-state index contributed by atoms with van der Waals surface area (Å²) in [5.74, 6) is 2.36. The maximum Gasteiger partial charge on any atom is 0.212 e. The van der Waals surface area contributed by atoms with Crippen molar-refractivity contribution in [1.82, 2.24) is 19.5 Å². The molecular weight excluding hydrogens is 487 g/mol. The molecule has 8 nitrogen and oxygen atoms in total. The molecule has 1 aliphatic heterocycles. The Morgan fingerprint density at radius 1 is 1.09 bits per heavy atom. The first-order chi connectivity index (χ1) is 16.0. The van der Waals surface area contributed by atoms with Gasteiger partial charge in [0.15, 0.2) is 35.8 Å². The highest BCUT2D eigenvalue weighted by Gasteiger charge is 2.32. The normalized spacial score (nSPS) is 17.2. The third-order valence-corrected chi connectivity index (χ3v) is 6.21. The van der Waals surface area contributed by atoms with Gasteiger partial charge in [0, 0.05) is 17.8 Å². The van der Waals surface area contributed by atoms with Gasteiger partial charge < -0.3 is 18.9 Å². The first-order valence-electron chi connectivity index (χ1n) is 10.5. The molecule has 0 amide bonds. The van der Waals surface area contributed by atoms with Crippen LogP contribution in [0.3, 0.4) is 0 Å². The predicted octanol–water partition coefficient (Wildman–Crippen LogP) is 2.81. The van der Waals surface area contributed by atoms with E-state index in [1.807, 2.05) is 55.7 Å². The number of methoxy groups -OCH3 is 2. The number of ether oxygens (including phenoxy) is 4. The number of benzene rings is 1. The summed E-state index contributed by atoms with van der Waals surface area (Å²) in [7, 11) is 5.18. The molecule has 10 heteroatoms. The molecule has 3 aromatic heterocycles. The summed E-state index contributed by atoms with van der Waals surface area (Å²) in [6.07, 6.45) is 1.19. The predicted molar refractivity (Wildman–Crippen MR) is 130 cm³/mol. The Balaban J connectivity index is 1.49. The summed E-state index contributed by atoms with van der Waals surface area (Å²) in [5.41, 5.74) is 4.46. The molecule has 1 aromatic carbocycles. The monoisotopic (exact) mass is 508 g/mol. The Hall–Kier alpha value is -3.27. The molecule has 0 spiro atoms. The van der Waals surface area contributed by atoms with E-state index >= 15 is 0 Å². The van der Waals surface area contributed by atoms with E-state index in [2.05, 4.69) is 30.9 Å². The van der Waals surface area contributed by atoms with Gasteiger partial charge in [0.1, 0.15) is 11.6 Å². The zero-order valence-corrected chi connectivity index (χ0v) is 20.3. The highest BCUT2D eigenvalue weighted by Crippen LogP contribution is 2.46. The summed E-state index contributed by atoms with van der Waals surface area (Å²) in [6.45, 7) is 2.52. The zero-order chi connectivity index (χ0) is 23.1. The Labute approximate surface area is 200 Å². The number of aromatic nitrogens is 4. The summed E-state index contributed by atoms with van der Waals surface area (Å²) in [6, 6.07) is 11.6. The van der Waals surface area contributed by atoms with Crippen molar-refractivity contribution in [3.63, 3.8) is 0 Å². The van der Waals surface area contributed by atoms with Crippen LogP contribution in [0.4, 0.5) is 0 Å². The summed E-state index contributed by atoms with van der Waals surface area (Å²) in [4.78, 5) is 13.5. The van der Waals surface area contributed by atoms with E-state index in [9.17, 15) is 0 Å². The van der Waals surface area contributed by atoms with E-state index in [1.54, 1.807) is 20.4 Å². The van der Waals surface area contributed by atoms with E-state index in [-0.39, 0.29) is 12.2 Å². The molecular formula is C23H22BBrN4O4. The van der Waals surface area contributed by atoms with Gasteiger partial charge in [-0.25, -0.2) is 15.0 Å². The Morgan fingerprint density at radius 2 is 1.94 bits per heavy atom. The minimum atomic E-state index is -0.324. The van der Waals surface area contributed by atoms with Gasteiger partial charge in [0.05, 0.1) is 20.8 Å². The maximum atomic E-state index is 6.35. The van der Waals surface area contributed by atoms with Crippen molar-refractivity contribution in [1.29, 1.82) is 0 Å². The van der Waals surface area contributed by atoms with Crippen molar-refractivity contribution in [3.8, 4) is 23.1 Å². The molecule has 1 aliphatic rings. The van der Waals surface area contributed by atoms with Crippen molar-refractivity contribution in [3.05, 3.63) is 58.5 Å². The molecule has 168 valence electrons. The molecule has 0 fully saturated rings. The zero-order valence-electron chi connectivity index (χ0n) is 18.7. The molecule has 0 saturated carbocycles. The second kappa shape index (κ2) is 8.59. The smallest absolute Gasteiger partial charge is 0.212 e. The lowest BCUT2D eigenvalue weighted by Crippen LogP contribution is -2.31. The van der Waals surface area contributed by atoms with E-state index < -0.39 is 0 Å². The number of hydrogen-bond acceptors (Lipinski definition) is 7. The van der Waals surface area contributed by atoms with E-state index in [4.69, 9.17) is 18.9 Å². The van der Waals surface area contributed by atoms with Gasteiger partial charge in [-0.1, -0.05) is 0 Å². The molecule has 0 radical (unpaired) electrons. The highest BCUT2D eigenvalue weighted by molar-refractivity contribution is 9.10. The lowest BCUT2D eigenvalue weighted by molar-refractivity contribution is 0.0277. The molecule has 0 saturated heterocycles. The largest absolute Gasteiger partial charge is 0.493 e. The second-order valence-electron chi connectivity index (χ2n) is 7.88. The molecule has 2 atom stereocenters. The SMILES string of the molecule is Bc1ccc2nc(Br)n(Cc3cc(OC)c4c(c3)O[C@@H](C)[C@H](c3ccc(OC)nc3)O4)c2n1. The van der Waals surface area contributed by atoms with Crippen LogP contribution in [0, 0.1) is 0 Å². The van der Waals surface area contributed by atoms with Crippen molar-refractivity contribution >= 4 is 40.5 Å². The number of fused-ring (bicyclic) bond motifs is 2. The minimum Gasteiger partial charge on any atom is -0.493 e. The van der Waals surface area contributed by atoms with Crippen LogP contribution in [0.25, 0.3) is 11.2 Å². The van der Waals surface area contributed by atoms with Crippen LogP contribution in [-0.4, -0.2) is 47.7 Å². The van der Waals surface area contributed by atoms with Crippen LogP contribution in [0.1, 0.15) is 24.2 Å². The number of halogens is 1. The van der Waals surface area contributed by atoms with E-state index in [0.717, 1.165) is 27.9 Å². The fourth-order valence-corrected chi connectivity index (χ4v) is 4.46. The van der Waals surface area contributed by atoms with Gasteiger partial charge in [-0.05, 0) is 64.3 Å². The number of nitrogens with zero attached hydrogens (tertiary/aromatic N) is 4. The van der Waals surface area contributed by atoms with Crippen molar-refractivity contribution < 1.29 is 18.9 Å². The van der Waals surface area contributed by atoms with Gasteiger partial charge >= 0.3 is 0 Å². The molecule has 0 N–H and O–H groups in total. The van der Waals surface area contributed by atoms with Crippen LogP contribution >= 0.6 is 15.9 Å². The fraction of sp³-hybridized carbons (Fsp3) is 0.261. The molecule has 0 unspecified atom stereocenters. The minimum absolute atomic E-state index is 0.224. The van der Waals surface area contributed by atoms with Crippen LogP contribution in [0.2, 0.25) is 0 Å². The van der Waals surface area contributed by atoms with Crippen LogP contribution in [0.5, 0.6) is 23.1 Å². The van der Waals surface area contributed by atoms with E-state index in [0.29, 0.717) is 34.4 Å². The Kier molecular flexibility index (Phi) is 5.61. The second-order valence-corrected chi connectivity index (χ2v) is 8.59. The Bertz CT molecular complexity index is 1330. The molecule has 0 aliphatic carbocycles. The fourth-order valence-electron chi connectivity index (χ4n) is 3.97. The van der Waals surface area contributed by atoms with Crippen LogP contribution in [0.15, 0.2) is 47.3 Å². The number of rotatable bonds is 5. The number of pyridine rings is 2. The average Bonchev–Trinajstić information content (AvgIpc) is 3.12. The summed E-state index contributed by atoms with van der Waals surface area (Å²) >= 11 is 3.57. The van der Waals surface area contributed by atoms with Crippen LogP contribution in [-0.2, 0) is 6.54 Å².